The van der Waals surface area contributed by atoms with Gasteiger partial charge in [0.1, 0.15) is 19.8 Å². The number of quaternary nitrogens is 1. The van der Waals surface area contributed by atoms with E-state index in [2.05, 4.69) is 184 Å². The first-order valence-corrected chi connectivity index (χ1v) is 32.3. The fraction of sp³-hybridized carbons (Fsp3) is 0.571. The number of ether oxygens (including phenoxy) is 2. The van der Waals surface area contributed by atoms with Crippen LogP contribution in [0.4, 0.5) is 0 Å². The molecule has 2 unspecified atom stereocenters. The largest absolute Gasteiger partial charge is 0.756 e. The van der Waals surface area contributed by atoms with Crippen LogP contribution in [0.15, 0.2) is 170 Å². The van der Waals surface area contributed by atoms with Gasteiger partial charge in [-0.05, 0) is 128 Å². The van der Waals surface area contributed by atoms with Gasteiger partial charge in [0, 0.05) is 12.8 Å². The molecule has 0 aliphatic carbocycles. The van der Waals surface area contributed by atoms with Gasteiger partial charge in [0.2, 0.25) is 0 Å². The Morgan fingerprint density at radius 1 is 0.388 bits per heavy atom. The Morgan fingerprint density at radius 2 is 0.675 bits per heavy atom. The van der Waals surface area contributed by atoms with E-state index in [1.165, 1.54) is 12.8 Å². The van der Waals surface area contributed by atoms with Crippen LogP contribution in [0.3, 0.4) is 0 Å². The standard InChI is InChI=1S/C70H112NO8P/c1-6-8-10-12-14-16-18-20-22-24-26-28-29-30-31-32-33-34-35-36-37-38-39-40-41-43-45-47-49-51-53-55-57-59-61-63-70(73)79-68(67-78-80(74,75)77-65-64-71(3,4)5)66-76-69(72)62-60-58-56-54-52-50-48-46-44-42-27-25-23-21-19-17-15-13-11-9-7-2/h8-11,14-17,20-23,26-28,30-31,33-34,36-37,39-40,42-43,45-46,48,68H,6-7,12-13,18-19,24-25,29,32,35,38,41,44,47,49-67H2,1-5H3/b10-8-,11-9-,16-14-,17-15-,22-20-,23-21-,28-26-,31-30-,34-33-,37-36-,40-39-,42-27-,45-43-,48-46-. The smallest absolute Gasteiger partial charge is 0.306 e. The molecule has 0 rings (SSSR count). The van der Waals surface area contributed by atoms with Gasteiger partial charge in [-0.1, -0.05) is 235 Å². The summed E-state index contributed by atoms with van der Waals surface area (Å²) in [4.78, 5) is 37.9. The molecule has 0 aromatic rings. The first-order chi connectivity index (χ1) is 39.0. The number of carbonyl (C=O) groups excluding carboxylic acids is 2. The number of carbonyl (C=O) groups is 2. The van der Waals surface area contributed by atoms with E-state index in [1.54, 1.807) is 0 Å². The minimum atomic E-state index is -4.66. The molecular weight excluding hydrogens is 1010 g/mol. The van der Waals surface area contributed by atoms with Crippen molar-refractivity contribution in [3.63, 3.8) is 0 Å². The maximum absolute atomic E-state index is 12.8. The third kappa shape index (κ3) is 62.6. The van der Waals surface area contributed by atoms with Gasteiger partial charge in [0.05, 0.1) is 27.7 Å². The lowest BCUT2D eigenvalue weighted by molar-refractivity contribution is -0.870. The van der Waals surface area contributed by atoms with Crippen molar-refractivity contribution in [2.75, 3.05) is 47.5 Å². The molecule has 0 saturated heterocycles. The van der Waals surface area contributed by atoms with Gasteiger partial charge in [-0.3, -0.25) is 14.2 Å². The average Bonchev–Trinajstić information content (AvgIpc) is 3.42. The molecule has 0 saturated carbocycles. The van der Waals surface area contributed by atoms with Crippen LogP contribution in [0, 0.1) is 0 Å². The second-order valence-electron chi connectivity index (χ2n) is 20.9. The summed E-state index contributed by atoms with van der Waals surface area (Å²) in [7, 11) is 1.12. The highest BCUT2D eigenvalue weighted by Crippen LogP contribution is 2.38. The van der Waals surface area contributed by atoms with Crippen molar-refractivity contribution in [1.29, 1.82) is 0 Å². The summed E-state index contributed by atoms with van der Waals surface area (Å²) in [6.07, 6.45) is 89.7. The maximum Gasteiger partial charge on any atom is 0.306 e. The molecule has 0 radical (unpaired) electrons. The summed E-state index contributed by atoms with van der Waals surface area (Å²) in [5, 5.41) is 0. The summed E-state index contributed by atoms with van der Waals surface area (Å²) >= 11 is 0. The number of phosphoric acid groups is 1. The molecule has 0 aliphatic rings. The van der Waals surface area contributed by atoms with Crippen molar-refractivity contribution in [3.8, 4) is 0 Å². The van der Waals surface area contributed by atoms with Crippen molar-refractivity contribution < 1.29 is 42.1 Å². The molecule has 0 heterocycles. The Bertz CT molecular complexity index is 1950. The SMILES string of the molecule is CC/C=C\C/C=C\C/C=C\C/C=C\C/C=C\C/C=C\C/C=C\C/C=C\C/C=C\CCCCCCCCCC(=O)OC(COC(=O)CCCCCCC/C=C\C/C=C\C/C=C\C/C=C\C/C=C\CC)COP(=O)([O-])OCC[N+](C)(C)C. The third-order valence-electron chi connectivity index (χ3n) is 12.2. The molecule has 0 bridgehead atoms. The minimum Gasteiger partial charge on any atom is -0.756 e. The van der Waals surface area contributed by atoms with E-state index in [9.17, 15) is 19.0 Å². The van der Waals surface area contributed by atoms with E-state index in [-0.39, 0.29) is 26.1 Å². The van der Waals surface area contributed by atoms with Gasteiger partial charge in [-0.2, -0.15) is 0 Å². The summed E-state index contributed by atoms with van der Waals surface area (Å²) in [5.74, 6) is -0.883. The van der Waals surface area contributed by atoms with Crippen LogP contribution in [-0.4, -0.2) is 70.0 Å². The van der Waals surface area contributed by atoms with Crippen molar-refractivity contribution in [3.05, 3.63) is 170 Å². The van der Waals surface area contributed by atoms with Crippen LogP contribution in [0.5, 0.6) is 0 Å². The zero-order valence-corrected chi connectivity index (χ0v) is 51.8. The Morgan fingerprint density at radius 3 is 1.00 bits per heavy atom. The first-order valence-electron chi connectivity index (χ1n) is 30.8. The number of hydrogen-bond acceptors (Lipinski definition) is 8. The maximum atomic E-state index is 12.8. The molecule has 0 fully saturated rings. The molecule has 9 nitrogen and oxygen atoms in total. The van der Waals surface area contributed by atoms with Crippen LogP contribution in [-0.2, 0) is 32.7 Å². The summed E-state index contributed by atoms with van der Waals surface area (Å²) in [5.41, 5.74) is 0. The molecule has 10 heteroatoms. The number of nitrogens with zero attached hydrogens (tertiary/aromatic N) is 1. The molecule has 0 N–H and O–H groups in total. The van der Waals surface area contributed by atoms with E-state index >= 15 is 0 Å². The van der Waals surface area contributed by atoms with E-state index in [1.807, 2.05) is 21.1 Å². The molecule has 80 heavy (non-hydrogen) atoms. The molecule has 0 aromatic heterocycles. The first kappa shape index (κ1) is 75.4. The summed E-state index contributed by atoms with van der Waals surface area (Å²) in [6.45, 7) is 3.95. The molecule has 0 aromatic carbocycles. The third-order valence-corrected chi connectivity index (χ3v) is 13.2. The average molecular weight is 1130 g/mol. The highest BCUT2D eigenvalue weighted by Gasteiger charge is 2.21. The number of allylic oxidation sites excluding steroid dienone is 28. The minimum absolute atomic E-state index is 0.0469. The quantitative estimate of drug-likeness (QED) is 0.0195. The lowest BCUT2D eigenvalue weighted by Gasteiger charge is -2.28. The van der Waals surface area contributed by atoms with E-state index < -0.39 is 32.5 Å². The van der Waals surface area contributed by atoms with Gasteiger partial charge in [0.15, 0.2) is 6.10 Å². The van der Waals surface area contributed by atoms with Gasteiger partial charge in [0.25, 0.3) is 7.82 Å². The van der Waals surface area contributed by atoms with Crippen LogP contribution in [0.1, 0.15) is 206 Å². The van der Waals surface area contributed by atoms with Crippen molar-refractivity contribution in [2.24, 2.45) is 0 Å². The van der Waals surface area contributed by atoms with E-state index in [0.717, 1.165) is 154 Å². The molecule has 0 spiro atoms. The molecule has 0 aliphatic heterocycles. The molecule has 0 amide bonds. The van der Waals surface area contributed by atoms with E-state index in [4.69, 9.17) is 18.5 Å². The summed E-state index contributed by atoms with van der Waals surface area (Å²) < 4.78 is 34.2. The van der Waals surface area contributed by atoms with Crippen LogP contribution in [0.2, 0.25) is 0 Å². The second kappa shape index (κ2) is 59.0. The Kier molecular flexibility index (Phi) is 55.6. The lowest BCUT2D eigenvalue weighted by Crippen LogP contribution is -2.37. The number of esters is 2. The molecule has 2 atom stereocenters. The molecular formula is C70H112NO8P. The van der Waals surface area contributed by atoms with E-state index in [0.29, 0.717) is 23.9 Å². The Balaban J connectivity index is 4.24. The number of unbranched alkanes of at least 4 members (excludes halogenated alkanes) is 12. The van der Waals surface area contributed by atoms with Crippen LogP contribution in [0.25, 0.3) is 0 Å². The lowest BCUT2D eigenvalue weighted by atomic mass is 10.1. The number of hydrogen-bond donors (Lipinski definition) is 0. The number of phosphoric ester groups is 1. The van der Waals surface area contributed by atoms with Gasteiger partial charge < -0.3 is 27.9 Å². The Labute approximate surface area is 489 Å². The highest BCUT2D eigenvalue weighted by atomic mass is 31.2. The van der Waals surface area contributed by atoms with Gasteiger partial charge in [-0.25, -0.2) is 0 Å². The monoisotopic (exact) mass is 1130 g/mol. The highest BCUT2D eigenvalue weighted by molar-refractivity contribution is 7.45. The van der Waals surface area contributed by atoms with Gasteiger partial charge in [-0.15, -0.1) is 0 Å². The zero-order chi connectivity index (χ0) is 58.4. The fourth-order valence-corrected chi connectivity index (χ4v) is 8.28. The summed E-state index contributed by atoms with van der Waals surface area (Å²) in [6, 6.07) is 0. The normalized spacial score (nSPS) is 14.4. The van der Waals surface area contributed by atoms with Crippen molar-refractivity contribution in [2.45, 2.75) is 213 Å². The number of likely N-dealkylation sites (N-methyl/N-ethyl adjacent to an activating group) is 1. The predicted octanol–water partition coefficient (Wildman–Crippen LogP) is 19.2. The van der Waals surface area contributed by atoms with Crippen LogP contribution >= 0.6 is 7.82 Å². The van der Waals surface area contributed by atoms with Crippen molar-refractivity contribution in [1.82, 2.24) is 0 Å². The second-order valence-corrected chi connectivity index (χ2v) is 22.4. The van der Waals surface area contributed by atoms with Gasteiger partial charge >= 0.3 is 11.9 Å². The fourth-order valence-electron chi connectivity index (χ4n) is 7.56. The molecule has 450 valence electrons. The predicted molar refractivity (Wildman–Crippen MR) is 341 cm³/mol. The number of rotatable bonds is 54. The zero-order valence-electron chi connectivity index (χ0n) is 50.9. The van der Waals surface area contributed by atoms with Crippen LogP contribution < -0.4 is 4.89 Å². The Hall–Kier alpha value is -4.63. The topological polar surface area (TPSA) is 111 Å². The van der Waals surface area contributed by atoms with Crippen molar-refractivity contribution >= 4 is 19.8 Å².